The monoisotopic (exact) mass is 283 g/mol. The van der Waals surface area contributed by atoms with Crippen LogP contribution in [0.4, 0.5) is 13.2 Å². The molecule has 0 radical (unpaired) electrons. The standard InChI is InChI=1S/C15H16F3NO/c1-8-6-11(15(16,17)18)4-5-12(8)14(19)13-7-9(2)20-10(13)3/h4-7,14H,19H2,1-3H3. The molecule has 0 amide bonds. The maximum atomic E-state index is 12.6. The molecule has 5 heteroatoms. The van der Waals surface area contributed by atoms with Gasteiger partial charge in [-0.05, 0) is 50.1 Å². The van der Waals surface area contributed by atoms with Crippen molar-refractivity contribution >= 4 is 0 Å². The highest BCUT2D eigenvalue weighted by molar-refractivity contribution is 5.40. The van der Waals surface area contributed by atoms with Gasteiger partial charge in [-0.1, -0.05) is 6.07 Å². The third-order valence-electron chi connectivity index (χ3n) is 3.35. The summed E-state index contributed by atoms with van der Waals surface area (Å²) < 4.78 is 43.3. The summed E-state index contributed by atoms with van der Waals surface area (Å²) in [6.07, 6.45) is -4.34. The molecule has 108 valence electrons. The lowest BCUT2D eigenvalue weighted by molar-refractivity contribution is -0.137. The van der Waals surface area contributed by atoms with Gasteiger partial charge in [0.05, 0.1) is 11.6 Å². The van der Waals surface area contributed by atoms with Crippen LogP contribution < -0.4 is 5.73 Å². The van der Waals surface area contributed by atoms with Gasteiger partial charge in [-0.2, -0.15) is 13.2 Å². The van der Waals surface area contributed by atoms with E-state index in [4.69, 9.17) is 10.2 Å². The second-order valence-corrected chi connectivity index (χ2v) is 4.92. The quantitative estimate of drug-likeness (QED) is 0.893. The fourth-order valence-corrected chi connectivity index (χ4v) is 2.33. The third-order valence-corrected chi connectivity index (χ3v) is 3.35. The number of aryl methyl sites for hydroxylation is 3. The van der Waals surface area contributed by atoms with Gasteiger partial charge in [-0.25, -0.2) is 0 Å². The number of rotatable bonds is 2. The Morgan fingerprint density at radius 2 is 1.70 bits per heavy atom. The summed E-state index contributed by atoms with van der Waals surface area (Å²) in [5, 5.41) is 0. The van der Waals surface area contributed by atoms with Crippen molar-refractivity contribution in [1.29, 1.82) is 0 Å². The molecule has 20 heavy (non-hydrogen) atoms. The van der Waals surface area contributed by atoms with Crippen LogP contribution in [0.2, 0.25) is 0 Å². The molecule has 1 aromatic heterocycles. The van der Waals surface area contributed by atoms with E-state index < -0.39 is 17.8 Å². The van der Waals surface area contributed by atoms with Crippen LogP contribution in [0.3, 0.4) is 0 Å². The van der Waals surface area contributed by atoms with Crippen LogP contribution in [-0.2, 0) is 6.18 Å². The number of halogens is 3. The van der Waals surface area contributed by atoms with Gasteiger partial charge in [0, 0.05) is 5.56 Å². The van der Waals surface area contributed by atoms with E-state index in [1.54, 1.807) is 13.8 Å². The fourth-order valence-electron chi connectivity index (χ4n) is 2.33. The molecule has 0 fully saturated rings. The minimum Gasteiger partial charge on any atom is -0.466 e. The molecule has 0 aliphatic heterocycles. The fraction of sp³-hybridized carbons (Fsp3) is 0.333. The molecule has 2 N–H and O–H groups in total. The zero-order valence-electron chi connectivity index (χ0n) is 11.5. The number of hydrogen-bond donors (Lipinski definition) is 1. The van der Waals surface area contributed by atoms with Crippen LogP contribution in [0, 0.1) is 20.8 Å². The van der Waals surface area contributed by atoms with E-state index in [1.807, 2.05) is 13.0 Å². The van der Waals surface area contributed by atoms with Gasteiger partial charge in [-0.15, -0.1) is 0 Å². The summed E-state index contributed by atoms with van der Waals surface area (Å²) in [4.78, 5) is 0. The van der Waals surface area contributed by atoms with Crippen molar-refractivity contribution in [3.8, 4) is 0 Å². The molecule has 0 aliphatic carbocycles. The molecule has 0 spiro atoms. The Labute approximate surface area is 115 Å². The van der Waals surface area contributed by atoms with Gasteiger partial charge in [0.2, 0.25) is 0 Å². The predicted octanol–water partition coefficient (Wildman–Crippen LogP) is 4.27. The molecule has 0 aliphatic rings. The van der Waals surface area contributed by atoms with E-state index in [9.17, 15) is 13.2 Å². The van der Waals surface area contributed by atoms with Gasteiger partial charge in [0.25, 0.3) is 0 Å². The first-order chi connectivity index (χ1) is 9.20. The molecule has 2 rings (SSSR count). The molecular formula is C15H16F3NO. The summed E-state index contributed by atoms with van der Waals surface area (Å²) in [7, 11) is 0. The van der Waals surface area contributed by atoms with Crippen LogP contribution in [0.1, 0.15) is 39.8 Å². The lowest BCUT2D eigenvalue weighted by atomic mass is 9.94. The largest absolute Gasteiger partial charge is 0.466 e. The van der Waals surface area contributed by atoms with Crippen molar-refractivity contribution in [2.45, 2.75) is 33.0 Å². The summed E-state index contributed by atoms with van der Waals surface area (Å²) >= 11 is 0. The maximum absolute atomic E-state index is 12.6. The minimum atomic E-state index is -4.34. The molecule has 2 aromatic rings. The van der Waals surface area contributed by atoms with E-state index in [0.29, 0.717) is 16.9 Å². The van der Waals surface area contributed by atoms with Crippen LogP contribution >= 0.6 is 0 Å². The number of hydrogen-bond acceptors (Lipinski definition) is 2. The van der Waals surface area contributed by atoms with Crippen molar-refractivity contribution in [2.24, 2.45) is 5.73 Å². The van der Waals surface area contributed by atoms with E-state index >= 15 is 0 Å². The minimum absolute atomic E-state index is 0.491. The Morgan fingerprint density at radius 1 is 1.05 bits per heavy atom. The first-order valence-corrected chi connectivity index (χ1v) is 6.20. The van der Waals surface area contributed by atoms with Crippen molar-refractivity contribution in [3.05, 3.63) is 58.0 Å². The number of nitrogens with two attached hydrogens (primary N) is 1. The van der Waals surface area contributed by atoms with E-state index in [1.165, 1.54) is 6.07 Å². The van der Waals surface area contributed by atoms with Crippen LogP contribution in [0.5, 0.6) is 0 Å². The van der Waals surface area contributed by atoms with E-state index in [2.05, 4.69) is 0 Å². The van der Waals surface area contributed by atoms with Crippen LogP contribution in [0.25, 0.3) is 0 Å². The summed E-state index contributed by atoms with van der Waals surface area (Å²) in [5.74, 6) is 1.42. The summed E-state index contributed by atoms with van der Waals surface area (Å²) in [6.45, 7) is 5.23. The first kappa shape index (κ1) is 14.7. The Bertz CT molecular complexity index is 629. The topological polar surface area (TPSA) is 39.2 Å². The molecule has 1 atom stereocenters. The van der Waals surface area contributed by atoms with Crippen molar-refractivity contribution in [1.82, 2.24) is 0 Å². The Hall–Kier alpha value is -1.75. The van der Waals surface area contributed by atoms with Crippen molar-refractivity contribution in [3.63, 3.8) is 0 Å². The van der Waals surface area contributed by atoms with Gasteiger partial charge < -0.3 is 10.2 Å². The summed E-state index contributed by atoms with van der Waals surface area (Å²) in [6, 6.07) is 4.94. The van der Waals surface area contributed by atoms with Gasteiger partial charge >= 0.3 is 6.18 Å². The molecular weight excluding hydrogens is 267 g/mol. The molecule has 0 saturated carbocycles. The third kappa shape index (κ3) is 2.72. The highest BCUT2D eigenvalue weighted by Gasteiger charge is 2.31. The number of furan rings is 1. The highest BCUT2D eigenvalue weighted by atomic mass is 19.4. The van der Waals surface area contributed by atoms with E-state index in [0.717, 1.165) is 23.5 Å². The SMILES string of the molecule is Cc1cc(C(N)c2ccc(C(F)(F)F)cc2C)c(C)o1. The average molecular weight is 283 g/mol. The van der Waals surface area contributed by atoms with Crippen LogP contribution in [0.15, 0.2) is 28.7 Å². The second-order valence-electron chi connectivity index (χ2n) is 4.92. The van der Waals surface area contributed by atoms with Gasteiger partial charge in [0.1, 0.15) is 11.5 Å². The average Bonchev–Trinajstić information content (AvgIpc) is 2.66. The summed E-state index contributed by atoms with van der Waals surface area (Å²) in [5.41, 5.74) is 7.47. The highest BCUT2D eigenvalue weighted by Crippen LogP contribution is 2.33. The maximum Gasteiger partial charge on any atom is 0.416 e. The molecule has 1 aromatic carbocycles. The Morgan fingerprint density at radius 3 is 2.15 bits per heavy atom. The Kier molecular flexibility index (Phi) is 3.65. The molecule has 0 saturated heterocycles. The zero-order valence-corrected chi connectivity index (χ0v) is 11.5. The number of benzene rings is 1. The van der Waals surface area contributed by atoms with Crippen molar-refractivity contribution < 1.29 is 17.6 Å². The Balaban J connectivity index is 2.41. The molecule has 1 heterocycles. The smallest absolute Gasteiger partial charge is 0.416 e. The number of alkyl halides is 3. The van der Waals surface area contributed by atoms with Crippen molar-refractivity contribution in [2.75, 3.05) is 0 Å². The zero-order chi connectivity index (χ0) is 15.1. The molecule has 1 unspecified atom stereocenters. The second kappa shape index (κ2) is 4.98. The first-order valence-electron chi connectivity index (χ1n) is 6.20. The van der Waals surface area contributed by atoms with Gasteiger partial charge in [0.15, 0.2) is 0 Å². The van der Waals surface area contributed by atoms with Gasteiger partial charge in [-0.3, -0.25) is 0 Å². The molecule has 2 nitrogen and oxygen atoms in total. The lowest BCUT2D eigenvalue weighted by Crippen LogP contribution is -2.15. The van der Waals surface area contributed by atoms with E-state index in [-0.39, 0.29) is 0 Å². The normalized spacial score (nSPS) is 13.6. The molecule has 0 bridgehead atoms. The van der Waals surface area contributed by atoms with Crippen LogP contribution in [-0.4, -0.2) is 0 Å². The predicted molar refractivity (Wildman–Crippen MR) is 70.4 cm³/mol. The lowest BCUT2D eigenvalue weighted by Gasteiger charge is -2.16.